The van der Waals surface area contributed by atoms with Crippen LogP contribution in [0.5, 0.6) is 0 Å². The van der Waals surface area contributed by atoms with Crippen LogP contribution in [0.1, 0.15) is 89.9 Å². The van der Waals surface area contributed by atoms with E-state index in [9.17, 15) is 15.3 Å². The molecule has 1 rings (SSSR count). The summed E-state index contributed by atoms with van der Waals surface area (Å²) < 4.78 is 0. The molecule has 0 aliphatic heterocycles. The van der Waals surface area contributed by atoms with Gasteiger partial charge in [0.05, 0.1) is 12.7 Å². The molecule has 1 saturated carbocycles. The van der Waals surface area contributed by atoms with E-state index in [1.807, 2.05) is 0 Å². The van der Waals surface area contributed by atoms with Crippen LogP contribution in [0, 0.1) is 11.3 Å². The Morgan fingerprint density at radius 3 is 1.71 bits per heavy atom. The maximum atomic E-state index is 10.6. The summed E-state index contributed by atoms with van der Waals surface area (Å²) in [6, 6.07) is 0. The monoisotopic (exact) mass is 344 g/mol. The molecule has 0 spiro atoms. The van der Waals surface area contributed by atoms with Crippen LogP contribution in [0.2, 0.25) is 0 Å². The Bertz CT molecular complexity index is 287. The molecule has 0 amide bonds. The van der Waals surface area contributed by atoms with Crippen LogP contribution in [0.15, 0.2) is 0 Å². The maximum absolute atomic E-state index is 10.6. The van der Waals surface area contributed by atoms with Crippen molar-refractivity contribution in [2.24, 2.45) is 11.3 Å². The fourth-order valence-corrected chi connectivity index (χ4v) is 4.02. The molecule has 0 aromatic rings. The Hall–Kier alpha value is -0.160. The van der Waals surface area contributed by atoms with E-state index in [2.05, 4.69) is 0 Å². The number of aliphatic hydroxyl groups is 4. The van der Waals surface area contributed by atoms with Crippen molar-refractivity contribution in [2.45, 2.75) is 96.0 Å². The molecule has 24 heavy (non-hydrogen) atoms. The number of rotatable bonds is 14. The van der Waals surface area contributed by atoms with Crippen LogP contribution >= 0.6 is 0 Å². The number of aliphatic hydroxyl groups excluding tert-OH is 4. The predicted molar refractivity (Wildman–Crippen MR) is 97.8 cm³/mol. The minimum atomic E-state index is -0.402. The number of unbranched alkanes of at least 4 members (excludes halogenated alkanes) is 8. The second kappa shape index (κ2) is 13.1. The van der Waals surface area contributed by atoms with Crippen molar-refractivity contribution in [3.63, 3.8) is 0 Å². The zero-order valence-corrected chi connectivity index (χ0v) is 15.5. The van der Waals surface area contributed by atoms with Gasteiger partial charge in [0.1, 0.15) is 0 Å². The van der Waals surface area contributed by atoms with Crippen LogP contribution in [-0.4, -0.2) is 46.4 Å². The van der Waals surface area contributed by atoms with Crippen molar-refractivity contribution >= 4 is 0 Å². The smallest absolute Gasteiger partial charge is 0.0618 e. The van der Waals surface area contributed by atoms with E-state index < -0.39 is 6.10 Å². The van der Waals surface area contributed by atoms with Gasteiger partial charge in [0.2, 0.25) is 0 Å². The Kier molecular flexibility index (Phi) is 11.9. The molecule has 144 valence electrons. The van der Waals surface area contributed by atoms with Crippen molar-refractivity contribution < 1.29 is 20.4 Å². The zero-order chi connectivity index (χ0) is 17.7. The van der Waals surface area contributed by atoms with Crippen LogP contribution in [0.25, 0.3) is 0 Å². The van der Waals surface area contributed by atoms with Gasteiger partial charge in [-0.1, -0.05) is 51.4 Å². The molecular weight excluding hydrogens is 304 g/mol. The average molecular weight is 345 g/mol. The van der Waals surface area contributed by atoms with Crippen molar-refractivity contribution in [2.75, 3.05) is 19.8 Å². The molecular formula is C20H40O4. The second-order valence-electron chi connectivity index (χ2n) is 7.86. The molecule has 1 atom stereocenters. The first-order valence-electron chi connectivity index (χ1n) is 10.2. The van der Waals surface area contributed by atoms with E-state index in [0.717, 1.165) is 57.8 Å². The molecule has 4 heteroatoms. The fourth-order valence-electron chi connectivity index (χ4n) is 4.02. The highest BCUT2D eigenvalue weighted by Gasteiger charge is 2.40. The third-order valence-electron chi connectivity index (χ3n) is 6.02. The van der Waals surface area contributed by atoms with E-state index in [-0.39, 0.29) is 18.6 Å². The standard InChI is InChI=1S/C20H40O4/c21-15-9-7-5-3-1-2-4-6-8-10-19(24)20(17-23)13-11-18(16-22)12-14-20/h18-19,21-24H,1-17H2. The molecule has 1 aliphatic rings. The Balaban J connectivity index is 2.07. The molecule has 4 N–H and O–H groups in total. The van der Waals surface area contributed by atoms with Gasteiger partial charge < -0.3 is 20.4 Å². The predicted octanol–water partition coefficient (Wildman–Crippen LogP) is 3.40. The summed E-state index contributed by atoms with van der Waals surface area (Å²) in [5, 5.41) is 38.3. The van der Waals surface area contributed by atoms with Crippen LogP contribution < -0.4 is 0 Å². The van der Waals surface area contributed by atoms with Gasteiger partial charge in [-0.2, -0.15) is 0 Å². The third kappa shape index (κ3) is 7.81. The Morgan fingerprint density at radius 1 is 0.750 bits per heavy atom. The molecule has 0 heterocycles. The van der Waals surface area contributed by atoms with Gasteiger partial charge in [-0.05, 0) is 44.4 Å². The van der Waals surface area contributed by atoms with E-state index in [0.29, 0.717) is 12.5 Å². The molecule has 1 unspecified atom stereocenters. The highest BCUT2D eigenvalue weighted by Crippen LogP contribution is 2.42. The van der Waals surface area contributed by atoms with Gasteiger partial charge in [0.25, 0.3) is 0 Å². The SMILES string of the molecule is OCCCCCCCCCCCC(O)C1(CO)CCC(CO)CC1. The first-order valence-corrected chi connectivity index (χ1v) is 10.2. The molecule has 1 aliphatic carbocycles. The van der Waals surface area contributed by atoms with Crippen LogP contribution in [0.3, 0.4) is 0 Å². The van der Waals surface area contributed by atoms with Crippen molar-refractivity contribution in [3.05, 3.63) is 0 Å². The first-order chi connectivity index (χ1) is 11.7. The summed E-state index contributed by atoms with van der Waals surface area (Å²) in [6.07, 6.45) is 14.4. The number of hydrogen-bond donors (Lipinski definition) is 4. The van der Waals surface area contributed by atoms with E-state index >= 15 is 0 Å². The topological polar surface area (TPSA) is 80.9 Å². The van der Waals surface area contributed by atoms with E-state index in [4.69, 9.17) is 5.11 Å². The lowest BCUT2D eigenvalue weighted by Gasteiger charge is -2.42. The highest BCUT2D eigenvalue weighted by atomic mass is 16.3. The summed E-state index contributed by atoms with van der Waals surface area (Å²) in [6.45, 7) is 0.621. The van der Waals surface area contributed by atoms with Crippen molar-refractivity contribution in [1.82, 2.24) is 0 Å². The Morgan fingerprint density at radius 2 is 1.25 bits per heavy atom. The maximum Gasteiger partial charge on any atom is 0.0618 e. The van der Waals surface area contributed by atoms with Gasteiger partial charge in [0, 0.05) is 18.6 Å². The van der Waals surface area contributed by atoms with Gasteiger partial charge in [0.15, 0.2) is 0 Å². The summed E-state index contributed by atoms with van der Waals surface area (Å²) in [5.74, 6) is 0.356. The largest absolute Gasteiger partial charge is 0.396 e. The summed E-state index contributed by atoms with van der Waals surface area (Å²) >= 11 is 0. The van der Waals surface area contributed by atoms with Crippen LogP contribution in [-0.2, 0) is 0 Å². The summed E-state index contributed by atoms with van der Waals surface area (Å²) in [5.41, 5.74) is -0.321. The van der Waals surface area contributed by atoms with Crippen molar-refractivity contribution in [1.29, 1.82) is 0 Å². The van der Waals surface area contributed by atoms with E-state index in [1.165, 1.54) is 32.1 Å². The lowest BCUT2D eigenvalue weighted by Crippen LogP contribution is -2.42. The molecule has 0 saturated heterocycles. The van der Waals surface area contributed by atoms with E-state index in [1.54, 1.807) is 0 Å². The van der Waals surface area contributed by atoms with Gasteiger partial charge in [-0.25, -0.2) is 0 Å². The molecule has 0 aromatic heterocycles. The molecule has 0 radical (unpaired) electrons. The third-order valence-corrected chi connectivity index (χ3v) is 6.02. The van der Waals surface area contributed by atoms with Crippen LogP contribution in [0.4, 0.5) is 0 Å². The van der Waals surface area contributed by atoms with Crippen molar-refractivity contribution in [3.8, 4) is 0 Å². The summed E-state index contributed by atoms with van der Waals surface area (Å²) in [7, 11) is 0. The lowest BCUT2D eigenvalue weighted by atomic mass is 9.67. The minimum absolute atomic E-state index is 0.0696. The lowest BCUT2D eigenvalue weighted by molar-refractivity contribution is -0.0592. The second-order valence-corrected chi connectivity index (χ2v) is 7.86. The normalized spacial score (nSPS) is 25.8. The minimum Gasteiger partial charge on any atom is -0.396 e. The van der Waals surface area contributed by atoms with Gasteiger partial charge in [-0.3, -0.25) is 0 Å². The Labute approximate surface area is 148 Å². The summed E-state index contributed by atoms with van der Waals surface area (Å²) in [4.78, 5) is 0. The van der Waals surface area contributed by atoms with Gasteiger partial charge in [-0.15, -0.1) is 0 Å². The molecule has 1 fully saturated rings. The fraction of sp³-hybridized carbons (Fsp3) is 1.00. The first kappa shape index (κ1) is 21.9. The quantitative estimate of drug-likeness (QED) is 0.364. The molecule has 0 bridgehead atoms. The highest BCUT2D eigenvalue weighted by molar-refractivity contribution is 4.90. The zero-order valence-electron chi connectivity index (χ0n) is 15.5. The van der Waals surface area contributed by atoms with Gasteiger partial charge >= 0.3 is 0 Å². The number of hydrogen-bond acceptors (Lipinski definition) is 4. The molecule has 0 aromatic carbocycles. The average Bonchev–Trinajstić information content (AvgIpc) is 2.63. The molecule has 4 nitrogen and oxygen atoms in total.